The summed E-state index contributed by atoms with van der Waals surface area (Å²) >= 11 is 0. The molecule has 1 saturated carbocycles. The number of nitrogens with one attached hydrogen (secondary N) is 1. The van der Waals surface area contributed by atoms with E-state index in [-0.39, 0.29) is 42.8 Å². The van der Waals surface area contributed by atoms with Crippen LogP contribution in [0.25, 0.3) is 0 Å². The summed E-state index contributed by atoms with van der Waals surface area (Å²) in [6.07, 6.45) is 6.15. The molecule has 1 aromatic rings. The number of hydrogen-bond donors (Lipinski definition) is 2. The Bertz CT molecular complexity index is 500. The van der Waals surface area contributed by atoms with Crippen molar-refractivity contribution in [2.45, 2.75) is 50.6 Å². The van der Waals surface area contributed by atoms with E-state index in [9.17, 15) is 4.79 Å². The lowest BCUT2D eigenvalue weighted by atomic mass is 9.99. The molecule has 1 heterocycles. The average molecular weight is 374 g/mol. The smallest absolute Gasteiger partial charge is 0.220 e. The number of carbonyl (C=O) groups excluding carboxylic acids is 1. The van der Waals surface area contributed by atoms with Gasteiger partial charge >= 0.3 is 0 Å². The molecule has 1 amide bonds. The Morgan fingerprint density at radius 1 is 1.12 bits per heavy atom. The van der Waals surface area contributed by atoms with Crippen LogP contribution in [0, 0.1) is 5.92 Å². The van der Waals surface area contributed by atoms with Crippen LogP contribution in [-0.4, -0.2) is 31.1 Å². The van der Waals surface area contributed by atoms with E-state index in [2.05, 4.69) is 34.5 Å². The molecule has 6 heteroatoms. The van der Waals surface area contributed by atoms with Crippen molar-refractivity contribution < 1.29 is 4.79 Å². The van der Waals surface area contributed by atoms with Crippen LogP contribution in [0.3, 0.4) is 0 Å². The van der Waals surface area contributed by atoms with Gasteiger partial charge in [0.2, 0.25) is 5.91 Å². The second-order valence-electron chi connectivity index (χ2n) is 6.75. The molecule has 0 bridgehead atoms. The van der Waals surface area contributed by atoms with Crippen molar-refractivity contribution in [2.24, 2.45) is 11.7 Å². The molecule has 1 unspecified atom stereocenters. The van der Waals surface area contributed by atoms with Gasteiger partial charge in [0.25, 0.3) is 0 Å². The maximum Gasteiger partial charge on any atom is 0.220 e. The zero-order valence-electron chi connectivity index (χ0n) is 14.0. The van der Waals surface area contributed by atoms with E-state index in [1.54, 1.807) is 0 Å². The quantitative estimate of drug-likeness (QED) is 0.851. The number of amides is 1. The second kappa shape index (κ2) is 10.1. The van der Waals surface area contributed by atoms with Gasteiger partial charge in [-0.05, 0) is 43.7 Å². The van der Waals surface area contributed by atoms with Gasteiger partial charge in [0.15, 0.2) is 0 Å². The van der Waals surface area contributed by atoms with Crippen molar-refractivity contribution in [3.05, 3.63) is 30.3 Å². The first-order valence-electron chi connectivity index (χ1n) is 8.57. The monoisotopic (exact) mass is 373 g/mol. The largest absolute Gasteiger partial charge is 0.369 e. The standard InChI is InChI=1S/C18H27N3O.2ClH/c19-17-10-4-6-14(17)12-18(22)20-15-7-5-11-21(13-15)16-8-2-1-3-9-16;;/h1-3,8-9,14-15,17H,4-7,10-13,19H2,(H,20,22);2*1H/t14-,15?,17+;;/m0../s1. The summed E-state index contributed by atoms with van der Waals surface area (Å²) in [6.45, 7) is 1.98. The third kappa shape index (κ3) is 5.54. The topological polar surface area (TPSA) is 58.4 Å². The summed E-state index contributed by atoms with van der Waals surface area (Å²) in [7, 11) is 0. The van der Waals surface area contributed by atoms with E-state index in [1.165, 1.54) is 12.1 Å². The highest BCUT2D eigenvalue weighted by Crippen LogP contribution is 2.27. The molecular formula is C18H29Cl2N3O. The van der Waals surface area contributed by atoms with Crippen LogP contribution in [0.15, 0.2) is 30.3 Å². The maximum atomic E-state index is 12.3. The Hall–Kier alpha value is -0.970. The number of para-hydroxylation sites is 1. The zero-order valence-corrected chi connectivity index (χ0v) is 15.7. The highest BCUT2D eigenvalue weighted by molar-refractivity contribution is 5.85. The molecule has 136 valence electrons. The molecule has 0 spiro atoms. The summed E-state index contributed by atoms with van der Waals surface area (Å²) in [6, 6.07) is 10.9. The van der Waals surface area contributed by atoms with Crippen LogP contribution in [0.1, 0.15) is 38.5 Å². The molecule has 3 N–H and O–H groups in total. The maximum absolute atomic E-state index is 12.3. The van der Waals surface area contributed by atoms with Crippen LogP contribution in [0.2, 0.25) is 0 Å². The molecule has 1 aliphatic heterocycles. The lowest BCUT2D eigenvalue weighted by Crippen LogP contribution is -2.48. The third-order valence-corrected chi connectivity index (χ3v) is 5.07. The van der Waals surface area contributed by atoms with Crippen LogP contribution < -0.4 is 16.0 Å². The lowest BCUT2D eigenvalue weighted by molar-refractivity contribution is -0.122. The first kappa shape index (κ1) is 21.1. The van der Waals surface area contributed by atoms with Crippen LogP contribution in [-0.2, 0) is 4.79 Å². The minimum absolute atomic E-state index is 0. The van der Waals surface area contributed by atoms with Gasteiger partial charge in [-0.15, -0.1) is 24.8 Å². The van der Waals surface area contributed by atoms with Gasteiger partial charge in [0.1, 0.15) is 0 Å². The summed E-state index contributed by atoms with van der Waals surface area (Å²) in [5.74, 6) is 0.566. The molecular weight excluding hydrogens is 345 g/mol. The molecule has 1 aromatic carbocycles. The molecule has 2 aliphatic rings. The fourth-order valence-electron chi connectivity index (χ4n) is 3.81. The highest BCUT2D eigenvalue weighted by atomic mass is 35.5. The summed E-state index contributed by atoms with van der Waals surface area (Å²) in [5, 5.41) is 3.23. The van der Waals surface area contributed by atoms with E-state index in [4.69, 9.17) is 5.73 Å². The van der Waals surface area contributed by atoms with E-state index in [0.29, 0.717) is 12.3 Å². The van der Waals surface area contributed by atoms with Crippen molar-refractivity contribution in [3.8, 4) is 0 Å². The van der Waals surface area contributed by atoms with Gasteiger partial charge < -0.3 is 16.0 Å². The van der Waals surface area contributed by atoms with Crippen LogP contribution in [0.4, 0.5) is 5.69 Å². The number of benzene rings is 1. The van der Waals surface area contributed by atoms with Crippen molar-refractivity contribution in [2.75, 3.05) is 18.0 Å². The fourth-order valence-corrected chi connectivity index (χ4v) is 3.81. The van der Waals surface area contributed by atoms with Crippen molar-refractivity contribution in [3.63, 3.8) is 0 Å². The minimum Gasteiger partial charge on any atom is -0.369 e. The summed E-state index contributed by atoms with van der Waals surface area (Å²) < 4.78 is 0. The molecule has 1 aliphatic carbocycles. The third-order valence-electron chi connectivity index (χ3n) is 5.07. The Labute approximate surface area is 157 Å². The number of hydrogen-bond acceptors (Lipinski definition) is 3. The first-order valence-corrected chi connectivity index (χ1v) is 8.57. The van der Waals surface area contributed by atoms with Gasteiger partial charge in [-0.1, -0.05) is 24.6 Å². The lowest BCUT2D eigenvalue weighted by Gasteiger charge is -2.35. The van der Waals surface area contributed by atoms with Gasteiger partial charge in [0, 0.05) is 37.3 Å². The SMILES string of the molecule is Cl.Cl.N[C@@H]1CCC[C@H]1CC(=O)NC1CCCN(c2ccccc2)C1. The van der Waals surface area contributed by atoms with Crippen molar-refractivity contribution in [1.82, 2.24) is 5.32 Å². The van der Waals surface area contributed by atoms with Gasteiger partial charge in [0.05, 0.1) is 0 Å². The Balaban J connectivity index is 0.00000144. The van der Waals surface area contributed by atoms with Crippen molar-refractivity contribution >= 4 is 36.4 Å². The average Bonchev–Trinajstić information content (AvgIpc) is 2.93. The van der Waals surface area contributed by atoms with Gasteiger partial charge in [-0.2, -0.15) is 0 Å². The van der Waals surface area contributed by atoms with Gasteiger partial charge in [-0.25, -0.2) is 0 Å². The molecule has 1 saturated heterocycles. The fraction of sp³-hybridized carbons (Fsp3) is 0.611. The number of piperidine rings is 1. The number of nitrogens with zero attached hydrogens (tertiary/aromatic N) is 1. The van der Waals surface area contributed by atoms with Crippen molar-refractivity contribution in [1.29, 1.82) is 0 Å². The predicted molar refractivity (Wildman–Crippen MR) is 104 cm³/mol. The minimum atomic E-state index is 0. The molecule has 4 nitrogen and oxygen atoms in total. The molecule has 2 fully saturated rings. The number of anilines is 1. The van der Waals surface area contributed by atoms with E-state index < -0.39 is 0 Å². The molecule has 0 radical (unpaired) electrons. The normalized spacial score (nSPS) is 26.2. The Morgan fingerprint density at radius 3 is 2.54 bits per heavy atom. The molecule has 3 atom stereocenters. The zero-order chi connectivity index (χ0) is 15.4. The van der Waals surface area contributed by atoms with E-state index in [0.717, 1.165) is 38.8 Å². The number of carbonyl (C=O) groups is 1. The molecule has 24 heavy (non-hydrogen) atoms. The molecule has 3 rings (SSSR count). The highest BCUT2D eigenvalue weighted by Gasteiger charge is 2.28. The number of nitrogens with two attached hydrogens (primary N) is 1. The number of halogens is 2. The van der Waals surface area contributed by atoms with Crippen LogP contribution in [0.5, 0.6) is 0 Å². The Morgan fingerprint density at radius 2 is 1.88 bits per heavy atom. The van der Waals surface area contributed by atoms with Crippen LogP contribution >= 0.6 is 24.8 Å². The van der Waals surface area contributed by atoms with E-state index in [1.807, 2.05) is 6.07 Å². The molecule has 0 aromatic heterocycles. The predicted octanol–water partition coefficient (Wildman–Crippen LogP) is 3.13. The summed E-state index contributed by atoms with van der Waals surface area (Å²) in [4.78, 5) is 14.6. The Kier molecular flexibility index (Phi) is 8.88. The van der Waals surface area contributed by atoms with E-state index >= 15 is 0 Å². The summed E-state index contributed by atoms with van der Waals surface area (Å²) in [5.41, 5.74) is 7.32. The van der Waals surface area contributed by atoms with Gasteiger partial charge in [-0.3, -0.25) is 4.79 Å². The first-order chi connectivity index (χ1) is 10.7. The second-order valence-corrected chi connectivity index (χ2v) is 6.75. The number of rotatable bonds is 4.